The van der Waals surface area contributed by atoms with Gasteiger partial charge in [0, 0.05) is 11.4 Å². The summed E-state index contributed by atoms with van der Waals surface area (Å²) in [6, 6.07) is 9.53. The predicted molar refractivity (Wildman–Crippen MR) is 108 cm³/mol. The van der Waals surface area contributed by atoms with Gasteiger partial charge in [-0.05, 0) is 49.7 Å². The van der Waals surface area contributed by atoms with Crippen molar-refractivity contribution in [2.24, 2.45) is 0 Å². The fourth-order valence-electron chi connectivity index (χ4n) is 2.79. The summed E-state index contributed by atoms with van der Waals surface area (Å²) in [5, 5.41) is 19.8. The Morgan fingerprint density at radius 1 is 1.10 bits per heavy atom. The summed E-state index contributed by atoms with van der Waals surface area (Å²) < 4.78 is 11.4. The number of aliphatic hydroxyl groups is 1. The van der Waals surface area contributed by atoms with E-state index in [9.17, 15) is 0 Å². The van der Waals surface area contributed by atoms with Crippen LogP contribution in [0.5, 0.6) is 17.4 Å². The SMILES string of the molecule is Cc1ccc(Oc2ccc(Nc3ncnc4[nH]nc(OCCO)c34)cc2C)cn1. The summed E-state index contributed by atoms with van der Waals surface area (Å²) in [5.41, 5.74) is 3.25. The highest BCUT2D eigenvalue weighted by Crippen LogP contribution is 2.32. The second kappa shape index (κ2) is 8.11. The van der Waals surface area contributed by atoms with Crippen LogP contribution in [-0.2, 0) is 0 Å². The smallest absolute Gasteiger partial charge is 0.246 e. The van der Waals surface area contributed by atoms with E-state index in [1.807, 2.05) is 44.2 Å². The van der Waals surface area contributed by atoms with Gasteiger partial charge in [-0.1, -0.05) is 0 Å². The fraction of sp³-hybridized carbons (Fsp3) is 0.200. The molecule has 3 aromatic heterocycles. The lowest BCUT2D eigenvalue weighted by atomic mass is 10.2. The van der Waals surface area contributed by atoms with Crippen LogP contribution in [0.15, 0.2) is 42.9 Å². The van der Waals surface area contributed by atoms with Gasteiger partial charge < -0.3 is 19.9 Å². The Labute approximate surface area is 166 Å². The van der Waals surface area contributed by atoms with Gasteiger partial charge in [-0.25, -0.2) is 9.97 Å². The molecular formula is C20H20N6O3. The minimum Gasteiger partial charge on any atom is -0.474 e. The van der Waals surface area contributed by atoms with E-state index in [0.29, 0.717) is 28.5 Å². The van der Waals surface area contributed by atoms with E-state index >= 15 is 0 Å². The molecule has 148 valence electrons. The molecule has 0 unspecified atom stereocenters. The number of fused-ring (bicyclic) bond motifs is 1. The first-order valence-corrected chi connectivity index (χ1v) is 9.05. The van der Waals surface area contributed by atoms with Gasteiger partial charge in [-0.15, -0.1) is 5.10 Å². The van der Waals surface area contributed by atoms with Crippen LogP contribution in [0.25, 0.3) is 11.0 Å². The number of benzene rings is 1. The number of aliphatic hydroxyl groups excluding tert-OH is 1. The molecule has 0 atom stereocenters. The molecule has 0 radical (unpaired) electrons. The Morgan fingerprint density at radius 2 is 2.00 bits per heavy atom. The van der Waals surface area contributed by atoms with E-state index in [4.69, 9.17) is 14.6 Å². The van der Waals surface area contributed by atoms with Gasteiger partial charge in [0.2, 0.25) is 5.88 Å². The van der Waals surface area contributed by atoms with Gasteiger partial charge in [0.05, 0.1) is 12.8 Å². The molecule has 0 aliphatic heterocycles. The van der Waals surface area contributed by atoms with Crippen molar-refractivity contribution in [1.82, 2.24) is 25.1 Å². The van der Waals surface area contributed by atoms with Crippen LogP contribution in [0.3, 0.4) is 0 Å². The lowest BCUT2D eigenvalue weighted by molar-refractivity contribution is 0.198. The molecular weight excluding hydrogens is 372 g/mol. The number of ether oxygens (including phenoxy) is 2. The predicted octanol–water partition coefficient (Wildman–Crippen LogP) is 3.27. The van der Waals surface area contributed by atoms with E-state index in [1.54, 1.807) is 6.20 Å². The third-order valence-corrected chi connectivity index (χ3v) is 4.20. The van der Waals surface area contributed by atoms with E-state index in [0.717, 1.165) is 22.7 Å². The molecule has 0 amide bonds. The first kappa shape index (κ1) is 18.6. The minimum atomic E-state index is -0.109. The average molecular weight is 392 g/mol. The number of anilines is 2. The number of nitrogens with zero attached hydrogens (tertiary/aromatic N) is 4. The lowest BCUT2D eigenvalue weighted by Crippen LogP contribution is -2.03. The molecule has 0 bridgehead atoms. The Bertz CT molecular complexity index is 1130. The number of hydrogen-bond acceptors (Lipinski definition) is 8. The van der Waals surface area contributed by atoms with Crippen molar-refractivity contribution in [1.29, 1.82) is 0 Å². The zero-order valence-electron chi connectivity index (χ0n) is 16.0. The van der Waals surface area contributed by atoms with Gasteiger partial charge in [-0.2, -0.15) is 0 Å². The summed E-state index contributed by atoms with van der Waals surface area (Å²) in [7, 11) is 0. The topological polar surface area (TPSA) is 118 Å². The van der Waals surface area contributed by atoms with Gasteiger partial charge >= 0.3 is 0 Å². The molecule has 4 aromatic rings. The first-order valence-electron chi connectivity index (χ1n) is 9.05. The van der Waals surface area contributed by atoms with Crippen LogP contribution < -0.4 is 14.8 Å². The third-order valence-electron chi connectivity index (χ3n) is 4.20. The van der Waals surface area contributed by atoms with Crippen LogP contribution in [0.1, 0.15) is 11.3 Å². The van der Waals surface area contributed by atoms with Crippen LogP contribution in [-0.4, -0.2) is 43.5 Å². The van der Waals surface area contributed by atoms with Gasteiger partial charge in [-0.3, -0.25) is 10.1 Å². The van der Waals surface area contributed by atoms with E-state index in [1.165, 1.54) is 6.33 Å². The maximum absolute atomic E-state index is 8.99. The summed E-state index contributed by atoms with van der Waals surface area (Å²) in [4.78, 5) is 12.7. The van der Waals surface area contributed by atoms with Crippen molar-refractivity contribution in [2.45, 2.75) is 13.8 Å². The molecule has 9 heteroatoms. The zero-order chi connectivity index (χ0) is 20.2. The molecule has 0 aliphatic carbocycles. The highest BCUT2D eigenvalue weighted by molar-refractivity contribution is 5.92. The third kappa shape index (κ3) is 4.09. The van der Waals surface area contributed by atoms with Crippen molar-refractivity contribution >= 4 is 22.5 Å². The molecule has 3 heterocycles. The molecule has 29 heavy (non-hydrogen) atoms. The number of aromatic nitrogens is 5. The molecule has 4 rings (SSSR count). The summed E-state index contributed by atoms with van der Waals surface area (Å²) in [5.74, 6) is 2.30. The standard InChI is InChI=1S/C20H20N6O3/c1-12-9-14(4-6-16(12)29-15-5-3-13(2)21-10-15)24-18-17-19(23-11-22-18)25-26-20(17)28-8-7-27/h3-6,9-11,27H,7-8H2,1-2H3,(H2,22,23,24,25,26). The van der Waals surface area contributed by atoms with Crippen LogP contribution in [0.4, 0.5) is 11.5 Å². The monoisotopic (exact) mass is 392 g/mol. The minimum absolute atomic E-state index is 0.109. The highest BCUT2D eigenvalue weighted by Gasteiger charge is 2.15. The molecule has 0 saturated carbocycles. The lowest BCUT2D eigenvalue weighted by Gasteiger charge is -2.12. The van der Waals surface area contributed by atoms with Crippen LogP contribution in [0, 0.1) is 13.8 Å². The summed E-state index contributed by atoms with van der Waals surface area (Å²) in [6.45, 7) is 3.92. The normalized spacial score (nSPS) is 10.9. The van der Waals surface area contributed by atoms with Crippen molar-refractivity contribution in [3.63, 3.8) is 0 Å². The second-order valence-corrected chi connectivity index (χ2v) is 6.39. The van der Waals surface area contributed by atoms with Gasteiger partial charge in [0.1, 0.15) is 35.6 Å². The molecule has 0 aliphatic rings. The Balaban J connectivity index is 1.57. The van der Waals surface area contributed by atoms with Crippen molar-refractivity contribution in [3.05, 3.63) is 54.1 Å². The summed E-state index contributed by atoms with van der Waals surface area (Å²) >= 11 is 0. The van der Waals surface area contributed by atoms with Crippen LogP contribution >= 0.6 is 0 Å². The maximum atomic E-state index is 8.99. The Kier molecular flexibility index (Phi) is 5.21. The molecule has 0 fully saturated rings. The van der Waals surface area contributed by atoms with Crippen molar-refractivity contribution in [3.8, 4) is 17.4 Å². The Hall–Kier alpha value is -3.72. The number of nitrogens with one attached hydrogen (secondary N) is 2. The maximum Gasteiger partial charge on any atom is 0.246 e. The molecule has 0 saturated heterocycles. The van der Waals surface area contributed by atoms with Crippen molar-refractivity contribution in [2.75, 3.05) is 18.5 Å². The van der Waals surface area contributed by atoms with Crippen molar-refractivity contribution < 1.29 is 14.6 Å². The Morgan fingerprint density at radius 3 is 2.76 bits per heavy atom. The molecule has 1 aromatic carbocycles. The number of aromatic amines is 1. The largest absolute Gasteiger partial charge is 0.474 e. The van der Waals surface area contributed by atoms with Gasteiger partial charge in [0.25, 0.3) is 0 Å². The van der Waals surface area contributed by atoms with E-state index < -0.39 is 0 Å². The average Bonchev–Trinajstić information content (AvgIpc) is 3.14. The first-order chi connectivity index (χ1) is 14.1. The van der Waals surface area contributed by atoms with E-state index in [-0.39, 0.29) is 13.2 Å². The summed E-state index contributed by atoms with van der Waals surface area (Å²) in [6.07, 6.45) is 3.14. The van der Waals surface area contributed by atoms with Gasteiger partial charge in [0.15, 0.2) is 5.65 Å². The fourth-order valence-corrected chi connectivity index (χ4v) is 2.79. The van der Waals surface area contributed by atoms with Crippen LogP contribution in [0.2, 0.25) is 0 Å². The molecule has 9 nitrogen and oxygen atoms in total. The number of hydrogen-bond donors (Lipinski definition) is 3. The number of rotatable bonds is 7. The highest BCUT2D eigenvalue weighted by atomic mass is 16.5. The van der Waals surface area contributed by atoms with E-state index in [2.05, 4.69) is 30.5 Å². The second-order valence-electron chi connectivity index (χ2n) is 6.39. The quantitative estimate of drug-likeness (QED) is 0.439. The molecule has 3 N–H and O–H groups in total. The number of H-pyrrole nitrogens is 1. The zero-order valence-corrected chi connectivity index (χ0v) is 16.0. The molecule has 0 spiro atoms. The number of pyridine rings is 1. The number of aryl methyl sites for hydroxylation is 2.